The van der Waals surface area contributed by atoms with Crippen molar-refractivity contribution in [2.75, 3.05) is 17.6 Å². The van der Waals surface area contributed by atoms with Crippen LogP contribution in [0.4, 0.5) is 10.8 Å². The molecule has 0 atom stereocenters. The van der Waals surface area contributed by atoms with E-state index in [4.69, 9.17) is 15.7 Å². The van der Waals surface area contributed by atoms with Crippen LogP contribution in [0.15, 0.2) is 60.9 Å². The van der Waals surface area contributed by atoms with E-state index < -0.39 is 0 Å². The Balaban J connectivity index is 1.87. The molecule has 0 aliphatic carbocycles. The lowest BCUT2D eigenvalue weighted by Crippen LogP contribution is -1.98. The molecule has 0 spiro atoms. The second-order valence-electron chi connectivity index (χ2n) is 5.82. The summed E-state index contributed by atoms with van der Waals surface area (Å²) in [5.41, 5.74) is 9.99. The summed E-state index contributed by atoms with van der Waals surface area (Å²) in [7, 11) is 0. The van der Waals surface area contributed by atoms with Gasteiger partial charge in [0.05, 0.1) is 16.3 Å². The van der Waals surface area contributed by atoms with Crippen LogP contribution in [0.5, 0.6) is 0 Å². The molecule has 0 fully saturated rings. The second-order valence-corrected chi connectivity index (χ2v) is 6.85. The highest BCUT2D eigenvalue weighted by molar-refractivity contribution is 7.18. The molecule has 4 aromatic rings. The van der Waals surface area contributed by atoms with E-state index in [1.165, 1.54) is 0 Å². The molecule has 7 heteroatoms. The van der Waals surface area contributed by atoms with E-state index in [0.29, 0.717) is 17.2 Å². The molecule has 0 unspecified atom stereocenters. The third-order valence-electron chi connectivity index (χ3n) is 3.94. The minimum absolute atomic E-state index is 0.560. The molecule has 0 bridgehead atoms. The van der Waals surface area contributed by atoms with Gasteiger partial charge in [-0.25, -0.2) is 15.0 Å². The summed E-state index contributed by atoms with van der Waals surface area (Å²) in [5, 5.41) is 4.10. The Bertz CT molecular complexity index is 1060. The van der Waals surface area contributed by atoms with Crippen molar-refractivity contribution in [1.82, 2.24) is 19.9 Å². The van der Waals surface area contributed by atoms with Crippen molar-refractivity contribution >= 4 is 22.2 Å². The zero-order valence-electron chi connectivity index (χ0n) is 14.8. The quantitative estimate of drug-likeness (QED) is 0.505. The van der Waals surface area contributed by atoms with Gasteiger partial charge in [0.2, 0.25) is 0 Å². The zero-order valence-corrected chi connectivity index (χ0v) is 15.6. The Hall–Kier alpha value is -3.32. The fourth-order valence-corrected chi connectivity index (χ4v) is 3.52. The fourth-order valence-electron chi connectivity index (χ4n) is 2.68. The number of anilines is 2. The lowest BCUT2D eigenvalue weighted by atomic mass is 10.1. The van der Waals surface area contributed by atoms with Gasteiger partial charge >= 0.3 is 0 Å². The summed E-state index contributed by atoms with van der Waals surface area (Å²) < 4.78 is 0. The Kier molecular flexibility index (Phi) is 4.76. The number of pyridine rings is 1. The van der Waals surface area contributed by atoms with Crippen molar-refractivity contribution in [1.29, 1.82) is 0 Å². The maximum atomic E-state index is 6.18. The van der Waals surface area contributed by atoms with Crippen LogP contribution >= 0.6 is 11.3 Å². The molecule has 3 N–H and O–H groups in total. The summed E-state index contributed by atoms with van der Waals surface area (Å²) in [6, 6.07) is 15.3. The average molecular weight is 374 g/mol. The van der Waals surface area contributed by atoms with Gasteiger partial charge in [-0.2, -0.15) is 0 Å². The van der Waals surface area contributed by atoms with Crippen LogP contribution in [0.2, 0.25) is 0 Å². The fraction of sp³-hybridized carbons (Fsp3) is 0.100. The molecular weight excluding hydrogens is 356 g/mol. The van der Waals surface area contributed by atoms with Gasteiger partial charge < -0.3 is 11.1 Å². The number of hydrogen-bond donors (Lipinski definition) is 2. The van der Waals surface area contributed by atoms with E-state index in [0.717, 1.165) is 33.5 Å². The summed E-state index contributed by atoms with van der Waals surface area (Å²) in [6.45, 7) is 2.86. The summed E-state index contributed by atoms with van der Waals surface area (Å²) in [4.78, 5) is 19.2. The second kappa shape index (κ2) is 7.51. The normalized spacial score (nSPS) is 10.7. The van der Waals surface area contributed by atoms with Crippen LogP contribution in [0, 0.1) is 0 Å². The van der Waals surface area contributed by atoms with E-state index in [2.05, 4.69) is 15.3 Å². The molecule has 1 aromatic carbocycles. The van der Waals surface area contributed by atoms with Crippen LogP contribution in [0.1, 0.15) is 6.92 Å². The predicted molar refractivity (Wildman–Crippen MR) is 110 cm³/mol. The number of nitrogens with zero attached hydrogens (tertiary/aromatic N) is 4. The molecule has 0 saturated heterocycles. The third-order valence-corrected chi connectivity index (χ3v) is 4.92. The van der Waals surface area contributed by atoms with Crippen molar-refractivity contribution in [2.45, 2.75) is 6.92 Å². The number of aromatic nitrogens is 4. The highest BCUT2D eigenvalue weighted by atomic mass is 32.1. The number of rotatable bonds is 5. The molecule has 0 aliphatic heterocycles. The number of para-hydroxylation sites is 1. The van der Waals surface area contributed by atoms with Gasteiger partial charge in [-0.3, -0.25) is 4.98 Å². The summed E-state index contributed by atoms with van der Waals surface area (Å²) in [6.07, 6.45) is 3.56. The van der Waals surface area contributed by atoms with Gasteiger partial charge in [0.25, 0.3) is 0 Å². The molecule has 0 aliphatic rings. The average Bonchev–Trinajstić information content (AvgIpc) is 3.18. The van der Waals surface area contributed by atoms with Crippen molar-refractivity contribution in [2.24, 2.45) is 0 Å². The lowest BCUT2D eigenvalue weighted by Gasteiger charge is -2.09. The first-order valence-corrected chi connectivity index (χ1v) is 9.41. The maximum Gasteiger partial charge on any atom is 0.183 e. The number of benzene rings is 1. The van der Waals surface area contributed by atoms with E-state index in [1.807, 2.05) is 61.7 Å². The number of thiazole rings is 1. The van der Waals surface area contributed by atoms with Crippen LogP contribution in [-0.4, -0.2) is 26.5 Å². The molecule has 27 heavy (non-hydrogen) atoms. The first kappa shape index (κ1) is 17.1. The summed E-state index contributed by atoms with van der Waals surface area (Å²) >= 11 is 1.56. The third kappa shape index (κ3) is 3.63. The van der Waals surface area contributed by atoms with Crippen LogP contribution in [-0.2, 0) is 0 Å². The van der Waals surface area contributed by atoms with Crippen molar-refractivity contribution in [3.8, 4) is 33.3 Å². The van der Waals surface area contributed by atoms with Crippen molar-refractivity contribution in [3.63, 3.8) is 0 Å². The number of nitrogens with two attached hydrogens (primary N) is 1. The minimum Gasteiger partial charge on any atom is -0.398 e. The molecule has 134 valence electrons. The zero-order chi connectivity index (χ0) is 18.6. The van der Waals surface area contributed by atoms with Crippen LogP contribution in [0.3, 0.4) is 0 Å². The van der Waals surface area contributed by atoms with E-state index in [-0.39, 0.29) is 0 Å². The first-order valence-electron chi connectivity index (χ1n) is 8.60. The molecular formula is C20H18N6S. The maximum absolute atomic E-state index is 6.18. The monoisotopic (exact) mass is 374 g/mol. The van der Waals surface area contributed by atoms with E-state index in [9.17, 15) is 0 Å². The minimum atomic E-state index is 0.560. The Morgan fingerprint density at radius 2 is 1.78 bits per heavy atom. The number of nitrogen functional groups attached to an aromatic ring is 1. The SMILES string of the molecule is CCNc1ncc(-c2cc(-c3ccccc3N)nc(-c3ccccn3)n2)s1. The highest BCUT2D eigenvalue weighted by Gasteiger charge is 2.14. The van der Waals surface area contributed by atoms with Gasteiger partial charge in [-0.1, -0.05) is 35.6 Å². The Labute approximate surface area is 161 Å². The molecule has 3 heterocycles. The van der Waals surface area contributed by atoms with Crippen LogP contribution < -0.4 is 11.1 Å². The largest absolute Gasteiger partial charge is 0.398 e. The smallest absolute Gasteiger partial charge is 0.183 e. The topological polar surface area (TPSA) is 89.6 Å². The highest BCUT2D eigenvalue weighted by Crippen LogP contribution is 2.33. The van der Waals surface area contributed by atoms with Crippen molar-refractivity contribution < 1.29 is 0 Å². The number of nitrogens with one attached hydrogen (secondary N) is 1. The standard InChI is InChI=1S/C20H18N6S/c1-2-22-20-24-12-18(27-20)17-11-16(13-7-3-4-8-14(13)21)25-19(26-17)15-9-5-6-10-23-15/h3-12H,2,21H2,1H3,(H,22,24). The Morgan fingerprint density at radius 3 is 2.56 bits per heavy atom. The molecule has 4 rings (SSSR count). The van der Waals surface area contributed by atoms with Gasteiger partial charge in [0.1, 0.15) is 5.69 Å². The van der Waals surface area contributed by atoms with Gasteiger partial charge in [-0.15, -0.1) is 0 Å². The van der Waals surface area contributed by atoms with Gasteiger partial charge in [-0.05, 0) is 31.2 Å². The van der Waals surface area contributed by atoms with Gasteiger partial charge in [0, 0.05) is 30.2 Å². The summed E-state index contributed by atoms with van der Waals surface area (Å²) in [5.74, 6) is 0.560. The first-order chi connectivity index (χ1) is 13.2. The molecule has 0 amide bonds. The molecule has 0 radical (unpaired) electrons. The van der Waals surface area contributed by atoms with Crippen molar-refractivity contribution in [3.05, 3.63) is 60.9 Å². The number of hydrogen-bond acceptors (Lipinski definition) is 7. The predicted octanol–water partition coefficient (Wildman–Crippen LogP) is 4.34. The van der Waals surface area contributed by atoms with E-state index in [1.54, 1.807) is 17.5 Å². The van der Waals surface area contributed by atoms with Crippen LogP contribution in [0.25, 0.3) is 33.3 Å². The molecule has 0 saturated carbocycles. The molecule has 6 nitrogen and oxygen atoms in total. The lowest BCUT2D eigenvalue weighted by molar-refractivity contribution is 1.15. The van der Waals surface area contributed by atoms with Gasteiger partial charge in [0.15, 0.2) is 11.0 Å². The molecule has 3 aromatic heterocycles. The van der Waals surface area contributed by atoms with E-state index >= 15 is 0 Å². The Morgan fingerprint density at radius 1 is 0.963 bits per heavy atom.